The van der Waals surface area contributed by atoms with Crippen LogP contribution in [0.4, 0.5) is 4.39 Å². The van der Waals surface area contributed by atoms with Gasteiger partial charge in [0.1, 0.15) is 30.0 Å². The number of aryl methyl sites for hydroxylation is 1. The lowest BCUT2D eigenvalue weighted by Crippen LogP contribution is -2.49. The standard InChI is InChI=1S/C32H37FN6O7/c1-20-25(38-32(46-20)21-6-3-2-4-7-21)19-29(42)39-15-5-8-28(41)35-14-17-45-26-11-9-22(33)18-23(26)30(43)37-24(10-12-27(34)40)31(44)36-13-16-39/h2-4,6-7,9,11,18,24H,5,8,10,12-17,19H2,1H3,(H2,34,40)(H,35,41)(H,36,44)(H,37,43)/t24-/m0/s1. The fourth-order valence-electron chi connectivity index (χ4n) is 4.82. The van der Waals surface area contributed by atoms with Gasteiger partial charge in [-0.2, -0.15) is 0 Å². The maximum atomic E-state index is 14.1. The summed E-state index contributed by atoms with van der Waals surface area (Å²) in [6.07, 6.45) is 0.0991. The van der Waals surface area contributed by atoms with Crippen molar-refractivity contribution < 1.29 is 37.5 Å². The number of oxazole rings is 1. The van der Waals surface area contributed by atoms with Crippen LogP contribution in [-0.4, -0.2) is 78.2 Å². The minimum Gasteiger partial charge on any atom is -0.491 e. The highest BCUT2D eigenvalue weighted by atomic mass is 19.1. The number of primary amides is 1. The molecule has 0 saturated carbocycles. The molecule has 1 aliphatic rings. The van der Waals surface area contributed by atoms with Crippen molar-refractivity contribution in [2.45, 2.75) is 45.1 Å². The maximum absolute atomic E-state index is 14.1. The SMILES string of the molecule is Cc1oc(-c2ccccc2)nc1CC(=O)N1CCCC(=O)NCCOc2ccc(F)cc2C(=O)N[C@@H](CCC(N)=O)C(=O)NCC1. The van der Waals surface area contributed by atoms with Crippen molar-refractivity contribution in [3.05, 3.63) is 71.4 Å². The third-order valence-corrected chi connectivity index (χ3v) is 7.27. The smallest absolute Gasteiger partial charge is 0.255 e. The van der Waals surface area contributed by atoms with Crippen LogP contribution in [0.2, 0.25) is 0 Å². The summed E-state index contributed by atoms with van der Waals surface area (Å²) in [5, 5.41) is 7.95. The number of ether oxygens (including phenoxy) is 1. The zero-order valence-corrected chi connectivity index (χ0v) is 25.5. The number of nitrogens with one attached hydrogen (secondary N) is 3. The number of rotatable bonds is 6. The molecular weight excluding hydrogens is 599 g/mol. The Morgan fingerprint density at radius 2 is 1.85 bits per heavy atom. The van der Waals surface area contributed by atoms with E-state index in [9.17, 15) is 28.4 Å². The van der Waals surface area contributed by atoms with Crippen molar-refractivity contribution in [1.29, 1.82) is 0 Å². The predicted octanol–water partition coefficient (Wildman–Crippen LogP) is 1.63. The fraction of sp³-hybridized carbons (Fsp3) is 0.375. The highest BCUT2D eigenvalue weighted by Crippen LogP contribution is 2.22. The molecule has 5 N–H and O–H groups in total. The van der Waals surface area contributed by atoms with Gasteiger partial charge in [0.2, 0.25) is 29.5 Å². The Bertz CT molecular complexity index is 1560. The van der Waals surface area contributed by atoms with Crippen molar-refractivity contribution in [1.82, 2.24) is 25.8 Å². The van der Waals surface area contributed by atoms with Crippen molar-refractivity contribution >= 4 is 29.5 Å². The molecule has 2 aromatic carbocycles. The number of carbonyl (C=O) groups is 5. The van der Waals surface area contributed by atoms with E-state index < -0.39 is 29.6 Å². The first kappa shape index (κ1) is 33.6. The molecule has 1 aliphatic heterocycles. The first-order valence-electron chi connectivity index (χ1n) is 15.0. The molecule has 0 spiro atoms. The summed E-state index contributed by atoms with van der Waals surface area (Å²) >= 11 is 0. The summed E-state index contributed by atoms with van der Waals surface area (Å²) < 4.78 is 25.5. The average Bonchev–Trinajstić information content (AvgIpc) is 3.40. The van der Waals surface area contributed by atoms with Gasteiger partial charge in [-0.1, -0.05) is 18.2 Å². The Labute approximate surface area is 265 Å². The van der Waals surface area contributed by atoms with E-state index in [1.165, 1.54) is 11.0 Å². The topological polar surface area (TPSA) is 186 Å². The Morgan fingerprint density at radius 1 is 1.07 bits per heavy atom. The summed E-state index contributed by atoms with van der Waals surface area (Å²) in [6, 6.07) is 11.5. The third kappa shape index (κ3) is 9.61. The monoisotopic (exact) mass is 636 g/mol. The van der Waals surface area contributed by atoms with Gasteiger partial charge in [0, 0.05) is 38.0 Å². The number of hydrogen-bond acceptors (Lipinski definition) is 8. The minimum absolute atomic E-state index is 0.00109. The summed E-state index contributed by atoms with van der Waals surface area (Å²) in [4.78, 5) is 69.8. The van der Waals surface area contributed by atoms with Crippen molar-refractivity contribution in [2.24, 2.45) is 5.73 Å². The van der Waals surface area contributed by atoms with E-state index in [4.69, 9.17) is 14.9 Å². The summed E-state index contributed by atoms with van der Waals surface area (Å²) in [5.41, 5.74) is 6.36. The van der Waals surface area contributed by atoms with Crippen LogP contribution < -0.4 is 26.4 Å². The molecule has 14 heteroatoms. The van der Waals surface area contributed by atoms with Gasteiger partial charge in [-0.05, 0) is 50.1 Å². The zero-order chi connectivity index (χ0) is 33.1. The second-order valence-electron chi connectivity index (χ2n) is 10.7. The molecule has 1 atom stereocenters. The normalized spacial score (nSPS) is 17.0. The molecule has 0 bridgehead atoms. The molecule has 4 rings (SSSR count). The van der Waals surface area contributed by atoms with E-state index >= 15 is 0 Å². The van der Waals surface area contributed by atoms with Crippen LogP contribution in [0.3, 0.4) is 0 Å². The second kappa shape index (κ2) is 16.2. The first-order valence-corrected chi connectivity index (χ1v) is 15.0. The predicted molar refractivity (Wildman–Crippen MR) is 164 cm³/mol. The Hall–Kier alpha value is -5.27. The molecule has 244 valence electrons. The quantitative estimate of drug-likeness (QED) is 0.314. The number of benzene rings is 2. The Kier molecular flexibility index (Phi) is 11.8. The van der Waals surface area contributed by atoms with Crippen LogP contribution in [0.15, 0.2) is 52.9 Å². The van der Waals surface area contributed by atoms with Gasteiger partial charge in [-0.3, -0.25) is 24.0 Å². The molecule has 0 unspecified atom stereocenters. The van der Waals surface area contributed by atoms with E-state index in [1.54, 1.807) is 6.92 Å². The van der Waals surface area contributed by atoms with Crippen LogP contribution in [0.1, 0.15) is 47.5 Å². The average molecular weight is 637 g/mol. The third-order valence-electron chi connectivity index (χ3n) is 7.27. The zero-order valence-electron chi connectivity index (χ0n) is 25.5. The summed E-state index contributed by atoms with van der Waals surface area (Å²) in [6.45, 7) is 2.13. The number of halogens is 1. The van der Waals surface area contributed by atoms with Crippen molar-refractivity contribution in [2.75, 3.05) is 32.8 Å². The lowest BCUT2D eigenvalue weighted by molar-refractivity contribution is -0.132. The molecular formula is C32H37FN6O7. The van der Waals surface area contributed by atoms with Crippen molar-refractivity contribution in [3.8, 4) is 17.2 Å². The number of nitrogens with two attached hydrogens (primary N) is 1. The van der Waals surface area contributed by atoms with Gasteiger partial charge in [0.05, 0.1) is 24.2 Å². The first-order chi connectivity index (χ1) is 22.1. The molecule has 0 aliphatic carbocycles. The number of amides is 5. The van der Waals surface area contributed by atoms with E-state index in [0.717, 1.165) is 17.7 Å². The minimum atomic E-state index is -1.19. The largest absolute Gasteiger partial charge is 0.491 e. The van der Waals surface area contributed by atoms with Crippen LogP contribution in [0.25, 0.3) is 11.5 Å². The van der Waals surface area contributed by atoms with Gasteiger partial charge in [-0.25, -0.2) is 9.37 Å². The van der Waals surface area contributed by atoms with E-state index in [1.807, 2.05) is 30.3 Å². The van der Waals surface area contributed by atoms with E-state index in [2.05, 4.69) is 20.9 Å². The highest BCUT2D eigenvalue weighted by Gasteiger charge is 2.25. The molecule has 13 nitrogen and oxygen atoms in total. The van der Waals surface area contributed by atoms with E-state index in [-0.39, 0.29) is 81.6 Å². The number of fused-ring (bicyclic) bond motifs is 1. The van der Waals surface area contributed by atoms with Crippen LogP contribution >= 0.6 is 0 Å². The molecule has 0 saturated heterocycles. The van der Waals surface area contributed by atoms with Gasteiger partial charge >= 0.3 is 0 Å². The molecule has 46 heavy (non-hydrogen) atoms. The molecule has 0 fully saturated rings. The second-order valence-corrected chi connectivity index (χ2v) is 10.7. The molecule has 0 radical (unpaired) electrons. The maximum Gasteiger partial charge on any atom is 0.255 e. The Morgan fingerprint density at radius 3 is 2.61 bits per heavy atom. The number of hydrogen-bond donors (Lipinski definition) is 4. The number of nitrogens with zero attached hydrogens (tertiary/aromatic N) is 2. The van der Waals surface area contributed by atoms with Crippen LogP contribution in [-0.2, 0) is 25.6 Å². The lowest BCUT2D eigenvalue weighted by atomic mass is 10.1. The number of aromatic nitrogens is 1. The van der Waals surface area contributed by atoms with Crippen molar-refractivity contribution in [3.63, 3.8) is 0 Å². The fourth-order valence-corrected chi connectivity index (χ4v) is 4.82. The van der Waals surface area contributed by atoms with Crippen LogP contribution in [0.5, 0.6) is 5.75 Å². The van der Waals surface area contributed by atoms with Crippen LogP contribution in [0, 0.1) is 12.7 Å². The summed E-state index contributed by atoms with van der Waals surface area (Å²) in [7, 11) is 0. The number of carbonyl (C=O) groups excluding carboxylic acids is 5. The summed E-state index contributed by atoms with van der Waals surface area (Å²) in [5.74, 6) is -2.41. The van der Waals surface area contributed by atoms with Gasteiger partial charge in [-0.15, -0.1) is 0 Å². The Balaban J connectivity index is 1.50. The van der Waals surface area contributed by atoms with Gasteiger partial charge in [0.15, 0.2) is 0 Å². The van der Waals surface area contributed by atoms with Gasteiger partial charge < -0.3 is 35.7 Å². The molecule has 3 aromatic rings. The highest BCUT2D eigenvalue weighted by molar-refractivity contribution is 5.99. The molecule has 2 heterocycles. The molecule has 5 amide bonds. The van der Waals surface area contributed by atoms with Gasteiger partial charge in [0.25, 0.3) is 5.91 Å². The van der Waals surface area contributed by atoms with E-state index in [0.29, 0.717) is 23.8 Å². The lowest BCUT2D eigenvalue weighted by Gasteiger charge is -2.24. The molecule has 1 aromatic heterocycles.